The summed E-state index contributed by atoms with van der Waals surface area (Å²) in [6.45, 7) is 1.08. The minimum Gasteiger partial charge on any atom is -0.408 e. The number of aromatic nitrogens is 1. The molecule has 2 N–H and O–H groups in total. The molecule has 2 aromatic rings. The molecule has 1 fully saturated rings. The number of rotatable bonds is 3. The zero-order valence-corrected chi connectivity index (χ0v) is 9.45. The van der Waals surface area contributed by atoms with E-state index in [0.29, 0.717) is 29.9 Å². The minimum atomic E-state index is -3.45. The van der Waals surface area contributed by atoms with Crippen molar-refractivity contribution < 1.29 is 12.8 Å². The Morgan fingerprint density at radius 3 is 2.82 bits per heavy atom. The highest BCUT2D eigenvalue weighted by Crippen LogP contribution is 2.20. The predicted octanol–water partition coefficient (Wildman–Crippen LogP) is 0.0934. The summed E-state index contributed by atoms with van der Waals surface area (Å²) in [4.78, 5) is 13.4. The standard InChI is InChI=1S/C9H9N3O4S/c13-9-10-7-2-1-6(5-8(7)16-9)11-17(14,15)12-3-4-12/h1-2,5,11H,3-4H2,(H,10,13). The Hall–Kier alpha value is -1.80. The smallest absolute Gasteiger partial charge is 0.408 e. The van der Waals surface area contributed by atoms with Gasteiger partial charge in [-0.25, -0.2) is 4.79 Å². The van der Waals surface area contributed by atoms with Gasteiger partial charge in [-0.3, -0.25) is 9.71 Å². The molecule has 0 saturated carbocycles. The lowest BCUT2D eigenvalue weighted by atomic mass is 10.3. The average Bonchev–Trinajstić information content (AvgIpc) is 3.01. The highest BCUT2D eigenvalue weighted by atomic mass is 32.2. The molecule has 0 radical (unpaired) electrons. The molecule has 3 rings (SSSR count). The number of hydrogen-bond acceptors (Lipinski definition) is 4. The maximum absolute atomic E-state index is 11.6. The molecule has 0 bridgehead atoms. The first kappa shape index (κ1) is 10.4. The first-order valence-electron chi connectivity index (χ1n) is 4.95. The van der Waals surface area contributed by atoms with Crippen molar-refractivity contribution in [3.63, 3.8) is 0 Å². The van der Waals surface area contributed by atoms with Gasteiger partial charge in [-0.2, -0.15) is 12.7 Å². The van der Waals surface area contributed by atoms with Gasteiger partial charge in [0.25, 0.3) is 0 Å². The number of benzene rings is 1. The molecule has 0 atom stereocenters. The van der Waals surface area contributed by atoms with Crippen molar-refractivity contribution in [2.45, 2.75) is 0 Å². The van der Waals surface area contributed by atoms with Gasteiger partial charge in [0.05, 0.1) is 11.2 Å². The molecule has 0 aliphatic carbocycles. The van der Waals surface area contributed by atoms with Crippen LogP contribution < -0.4 is 10.5 Å². The van der Waals surface area contributed by atoms with Gasteiger partial charge in [0, 0.05) is 19.2 Å². The van der Waals surface area contributed by atoms with Gasteiger partial charge in [-0.05, 0) is 12.1 Å². The number of H-pyrrole nitrogens is 1. The molecular weight excluding hydrogens is 246 g/mol. The number of nitrogens with zero attached hydrogens (tertiary/aromatic N) is 1. The summed E-state index contributed by atoms with van der Waals surface area (Å²) in [6.07, 6.45) is 0. The topological polar surface area (TPSA) is 95.2 Å². The van der Waals surface area contributed by atoms with E-state index in [9.17, 15) is 13.2 Å². The van der Waals surface area contributed by atoms with Crippen LogP contribution in [-0.2, 0) is 10.2 Å². The van der Waals surface area contributed by atoms with Gasteiger partial charge in [0.2, 0.25) is 0 Å². The van der Waals surface area contributed by atoms with Crippen LogP contribution in [0.1, 0.15) is 0 Å². The van der Waals surface area contributed by atoms with Gasteiger partial charge >= 0.3 is 16.0 Å². The Morgan fingerprint density at radius 1 is 1.35 bits per heavy atom. The summed E-state index contributed by atoms with van der Waals surface area (Å²) in [5.41, 5.74) is 1.22. The molecule has 8 heteroatoms. The van der Waals surface area contributed by atoms with Gasteiger partial charge in [0.1, 0.15) is 0 Å². The van der Waals surface area contributed by atoms with Crippen LogP contribution in [0.4, 0.5) is 5.69 Å². The molecule has 0 spiro atoms. The highest BCUT2D eigenvalue weighted by molar-refractivity contribution is 7.90. The van der Waals surface area contributed by atoms with E-state index >= 15 is 0 Å². The fourth-order valence-electron chi connectivity index (χ4n) is 1.50. The summed E-state index contributed by atoms with van der Waals surface area (Å²) in [7, 11) is -3.45. The molecule has 0 unspecified atom stereocenters. The van der Waals surface area contributed by atoms with Crippen molar-refractivity contribution in [3.05, 3.63) is 28.7 Å². The average molecular weight is 255 g/mol. The number of oxazole rings is 1. The van der Waals surface area contributed by atoms with Crippen molar-refractivity contribution in [1.29, 1.82) is 0 Å². The quantitative estimate of drug-likeness (QED) is 0.760. The molecule has 2 heterocycles. The molecule has 17 heavy (non-hydrogen) atoms. The van der Waals surface area contributed by atoms with Crippen LogP contribution in [0.5, 0.6) is 0 Å². The largest absolute Gasteiger partial charge is 0.417 e. The summed E-state index contributed by atoms with van der Waals surface area (Å²) in [5, 5.41) is 0. The summed E-state index contributed by atoms with van der Waals surface area (Å²) in [5.74, 6) is -0.564. The van der Waals surface area contributed by atoms with Crippen molar-refractivity contribution in [3.8, 4) is 0 Å². The van der Waals surface area contributed by atoms with Gasteiger partial charge in [-0.15, -0.1) is 0 Å². The van der Waals surface area contributed by atoms with Crippen LogP contribution in [0.25, 0.3) is 11.1 Å². The predicted molar refractivity (Wildman–Crippen MR) is 61.0 cm³/mol. The maximum Gasteiger partial charge on any atom is 0.417 e. The normalized spacial score (nSPS) is 16.2. The first-order chi connectivity index (χ1) is 8.04. The fraction of sp³-hybridized carbons (Fsp3) is 0.222. The number of hydrogen-bond donors (Lipinski definition) is 2. The molecule has 1 saturated heterocycles. The number of aromatic amines is 1. The third kappa shape index (κ3) is 1.92. The second-order valence-electron chi connectivity index (χ2n) is 3.73. The summed E-state index contributed by atoms with van der Waals surface area (Å²) >= 11 is 0. The van der Waals surface area contributed by atoms with Crippen molar-refractivity contribution >= 4 is 27.0 Å². The van der Waals surface area contributed by atoms with E-state index in [1.165, 1.54) is 10.4 Å². The zero-order chi connectivity index (χ0) is 12.0. The molecule has 1 aromatic carbocycles. The van der Waals surface area contributed by atoms with E-state index in [2.05, 4.69) is 9.71 Å². The second kappa shape index (κ2) is 3.34. The number of nitrogens with one attached hydrogen (secondary N) is 2. The molecule has 90 valence electrons. The second-order valence-corrected chi connectivity index (χ2v) is 5.40. The number of fused-ring (bicyclic) bond motifs is 1. The van der Waals surface area contributed by atoms with E-state index in [0.717, 1.165) is 0 Å². The van der Waals surface area contributed by atoms with Gasteiger partial charge < -0.3 is 4.42 Å². The Labute approximate surface area is 96.2 Å². The lowest BCUT2D eigenvalue weighted by Crippen LogP contribution is -2.20. The number of anilines is 1. The molecule has 7 nitrogen and oxygen atoms in total. The van der Waals surface area contributed by atoms with E-state index < -0.39 is 16.0 Å². The first-order valence-corrected chi connectivity index (χ1v) is 6.39. The minimum absolute atomic E-state index is 0.320. The third-order valence-corrected chi connectivity index (χ3v) is 3.95. The van der Waals surface area contributed by atoms with Crippen molar-refractivity contribution in [2.24, 2.45) is 0 Å². The van der Waals surface area contributed by atoms with Crippen molar-refractivity contribution in [1.82, 2.24) is 9.29 Å². The van der Waals surface area contributed by atoms with Crippen LogP contribution in [0, 0.1) is 0 Å². The maximum atomic E-state index is 11.6. The van der Waals surface area contributed by atoms with Crippen LogP contribution >= 0.6 is 0 Å². The Balaban J connectivity index is 1.98. The van der Waals surface area contributed by atoms with E-state index in [1.54, 1.807) is 12.1 Å². The molecule has 1 aromatic heterocycles. The monoisotopic (exact) mass is 255 g/mol. The molecule has 1 aliphatic rings. The molecule has 0 amide bonds. The zero-order valence-electron chi connectivity index (χ0n) is 8.63. The highest BCUT2D eigenvalue weighted by Gasteiger charge is 2.31. The molecular formula is C9H9N3O4S. The Bertz CT molecular complexity index is 726. The van der Waals surface area contributed by atoms with Crippen LogP contribution in [0.2, 0.25) is 0 Å². The van der Waals surface area contributed by atoms with Gasteiger partial charge in [0.15, 0.2) is 5.58 Å². The third-order valence-electron chi connectivity index (χ3n) is 2.41. The lowest BCUT2D eigenvalue weighted by molar-refractivity contribution is 0.555. The summed E-state index contributed by atoms with van der Waals surface area (Å²) in [6, 6.07) is 4.61. The van der Waals surface area contributed by atoms with Crippen LogP contribution in [0.15, 0.2) is 27.4 Å². The van der Waals surface area contributed by atoms with Crippen LogP contribution in [0.3, 0.4) is 0 Å². The van der Waals surface area contributed by atoms with E-state index in [1.807, 2.05) is 0 Å². The van der Waals surface area contributed by atoms with E-state index in [-0.39, 0.29) is 0 Å². The Morgan fingerprint density at radius 2 is 2.12 bits per heavy atom. The van der Waals surface area contributed by atoms with Gasteiger partial charge in [-0.1, -0.05) is 0 Å². The van der Waals surface area contributed by atoms with Crippen molar-refractivity contribution in [2.75, 3.05) is 17.8 Å². The summed E-state index contributed by atoms with van der Waals surface area (Å²) < 4.78 is 31.8. The SMILES string of the molecule is O=c1[nH]c2ccc(NS(=O)(=O)N3CC3)cc2o1. The lowest BCUT2D eigenvalue weighted by Gasteiger charge is -2.06. The van der Waals surface area contributed by atoms with E-state index in [4.69, 9.17) is 4.42 Å². The molecule has 1 aliphatic heterocycles. The van der Waals surface area contributed by atoms with Crippen LogP contribution in [-0.4, -0.2) is 30.8 Å². The Kier molecular flexibility index (Phi) is 2.04. The fourth-order valence-corrected chi connectivity index (χ4v) is 2.62.